The summed E-state index contributed by atoms with van der Waals surface area (Å²) in [6.45, 7) is 1.62. The number of rotatable bonds is 2. The second-order valence-corrected chi connectivity index (χ2v) is 5.96. The molecule has 1 aliphatic rings. The van der Waals surface area contributed by atoms with E-state index >= 15 is 0 Å². The Kier molecular flexibility index (Phi) is 3.78. The van der Waals surface area contributed by atoms with E-state index in [4.69, 9.17) is 0 Å². The van der Waals surface area contributed by atoms with E-state index in [9.17, 15) is 4.79 Å². The highest BCUT2D eigenvalue weighted by Gasteiger charge is 2.20. The Bertz CT molecular complexity index is 638. The number of aromatic nitrogens is 1. The molecule has 1 fully saturated rings. The van der Waals surface area contributed by atoms with Gasteiger partial charge in [-0.1, -0.05) is 24.3 Å². The first-order chi connectivity index (χ1) is 9.79. The van der Waals surface area contributed by atoms with Crippen molar-refractivity contribution in [2.45, 2.75) is 0 Å². The van der Waals surface area contributed by atoms with Crippen LogP contribution >= 0.6 is 11.8 Å². The molecule has 1 saturated heterocycles. The number of carbonyl (C=O) groups is 1. The van der Waals surface area contributed by atoms with Gasteiger partial charge in [-0.25, -0.2) is 4.98 Å². The minimum Gasteiger partial charge on any atom is -0.373 e. The first-order valence-corrected chi connectivity index (χ1v) is 7.89. The third-order valence-electron chi connectivity index (χ3n) is 3.49. The molecular formula is C15H17N3OS. The number of pyridine rings is 1. The number of amides is 1. The quantitative estimate of drug-likeness (QED) is 0.921. The summed E-state index contributed by atoms with van der Waals surface area (Å²) in [4.78, 5) is 18.9. The maximum absolute atomic E-state index is 12.5. The van der Waals surface area contributed by atoms with Crippen LogP contribution in [0.15, 0.2) is 30.3 Å². The van der Waals surface area contributed by atoms with Gasteiger partial charge >= 0.3 is 0 Å². The van der Waals surface area contributed by atoms with Gasteiger partial charge in [-0.05, 0) is 11.5 Å². The van der Waals surface area contributed by atoms with Gasteiger partial charge < -0.3 is 10.2 Å². The van der Waals surface area contributed by atoms with E-state index in [1.165, 1.54) is 0 Å². The molecule has 0 aliphatic carbocycles. The number of nitrogens with zero attached hydrogens (tertiary/aromatic N) is 2. The highest BCUT2D eigenvalue weighted by Crippen LogP contribution is 2.23. The number of anilines is 1. The van der Waals surface area contributed by atoms with Gasteiger partial charge in [0.15, 0.2) is 0 Å². The van der Waals surface area contributed by atoms with Gasteiger partial charge in [0.1, 0.15) is 11.5 Å². The Labute approximate surface area is 122 Å². The van der Waals surface area contributed by atoms with Crippen molar-refractivity contribution in [3.63, 3.8) is 0 Å². The van der Waals surface area contributed by atoms with Crippen LogP contribution in [0.2, 0.25) is 0 Å². The molecule has 2 heterocycles. The van der Waals surface area contributed by atoms with E-state index < -0.39 is 0 Å². The van der Waals surface area contributed by atoms with E-state index in [1.807, 2.05) is 54.0 Å². The van der Waals surface area contributed by atoms with Gasteiger partial charge in [0, 0.05) is 37.0 Å². The largest absolute Gasteiger partial charge is 0.373 e. The van der Waals surface area contributed by atoms with Gasteiger partial charge in [-0.3, -0.25) is 4.79 Å². The predicted molar refractivity (Wildman–Crippen MR) is 84.5 cm³/mol. The molecule has 0 saturated carbocycles. The molecule has 1 aromatic carbocycles. The average Bonchev–Trinajstić information content (AvgIpc) is 2.54. The van der Waals surface area contributed by atoms with E-state index in [-0.39, 0.29) is 5.91 Å². The van der Waals surface area contributed by atoms with Gasteiger partial charge in [-0.15, -0.1) is 0 Å². The normalized spacial score (nSPS) is 15.3. The average molecular weight is 287 g/mol. The first-order valence-electron chi connectivity index (χ1n) is 6.74. The first kappa shape index (κ1) is 13.2. The maximum Gasteiger partial charge on any atom is 0.272 e. The molecule has 0 radical (unpaired) electrons. The molecule has 1 N–H and O–H groups in total. The zero-order valence-electron chi connectivity index (χ0n) is 11.4. The lowest BCUT2D eigenvalue weighted by atomic mass is 10.1. The van der Waals surface area contributed by atoms with Gasteiger partial charge in [0.25, 0.3) is 5.91 Å². The summed E-state index contributed by atoms with van der Waals surface area (Å²) in [5.41, 5.74) is 0.528. The molecule has 1 aliphatic heterocycles. The monoisotopic (exact) mass is 287 g/mol. The highest BCUT2D eigenvalue weighted by atomic mass is 32.2. The molecule has 2 aromatic rings. The number of nitrogens with one attached hydrogen (secondary N) is 1. The van der Waals surface area contributed by atoms with E-state index in [2.05, 4.69) is 10.3 Å². The smallest absolute Gasteiger partial charge is 0.272 e. The summed E-state index contributed by atoms with van der Waals surface area (Å²) >= 11 is 1.89. The standard InChI is InChI=1S/C15H17N3OS/c1-16-14-12-5-3-2-4-11(12)10-13(17-14)15(19)18-6-8-20-9-7-18/h2-5,10H,6-9H2,1H3,(H,16,17). The summed E-state index contributed by atoms with van der Waals surface area (Å²) in [7, 11) is 1.83. The van der Waals surface area contributed by atoms with Crippen molar-refractivity contribution >= 4 is 34.3 Å². The number of hydrogen-bond acceptors (Lipinski definition) is 4. The third-order valence-corrected chi connectivity index (χ3v) is 4.44. The topological polar surface area (TPSA) is 45.2 Å². The molecule has 3 rings (SSSR count). The molecule has 104 valence electrons. The molecule has 5 heteroatoms. The van der Waals surface area contributed by atoms with Crippen molar-refractivity contribution in [1.29, 1.82) is 0 Å². The minimum absolute atomic E-state index is 0.0348. The molecule has 0 unspecified atom stereocenters. The van der Waals surface area contributed by atoms with Crippen molar-refractivity contribution in [2.75, 3.05) is 37.0 Å². The van der Waals surface area contributed by atoms with Crippen molar-refractivity contribution in [3.05, 3.63) is 36.0 Å². The SMILES string of the molecule is CNc1nc(C(=O)N2CCSCC2)cc2ccccc12. The predicted octanol–water partition coefficient (Wildman–Crippen LogP) is 2.47. The van der Waals surface area contributed by atoms with Crippen molar-refractivity contribution in [2.24, 2.45) is 0 Å². The second kappa shape index (κ2) is 5.71. The van der Waals surface area contributed by atoms with Gasteiger partial charge in [-0.2, -0.15) is 11.8 Å². The number of hydrogen-bond donors (Lipinski definition) is 1. The van der Waals surface area contributed by atoms with Crippen LogP contribution in [-0.4, -0.2) is 47.4 Å². The van der Waals surface area contributed by atoms with Crippen LogP contribution < -0.4 is 5.32 Å². The fourth-order valence-electron chi connectivity index (χ4n) is 2.43. The van der Waals surface area contributed by atoms with Crippen LogP contribution in [0.5, 0.6) is 0 Å². The van der Waals surface area contributed by atoms with E-state index in [1.54, 1.807) is 0 Å². The lowest BCUT2D eigenvalue weighted by molar-refractivity contribution is 0.0767. The van der Waals surface area contributed by atoms with Crippen LogP contribution in [0.25, 0.3) is 10.8 Å². The Morgan fingerprint density at radius 3 is 2.80 bits per heavy atom. The molecule has 0 atom stereocenters. The molecule has 0 bridgehead atoms. The number of thioether (sulfide) groups is 1. The molecule has 4 nitrogen and oxygen atoms in total. The molecule has 0 spiro atoms. The number of fused-ring (bicyclic) bond motifs is 1. The third kappa shape index (κ3) is 2.45. The minimum atomic E-state index is 0.0348. The Morgan fingerprint density at radius 1 is 1.30 bits per heavy atom. The summed E-state index contributed by atoms with van der Waals surface area (Å²) < 4.78 is 0. The fourth-order valence-corrected chi connectivity index (χ4v) is 3.33. The fraction of sp³-hybridized carbons (Fsp3) is 0.333. The Balaban J connectivity index is 2.00. The highest BCUT2D eigenvalue weighted by molar-refractivity contribution is 7.99. The summed E-state index contributed by atoms with van der Waals surface area (Å²) in [5.74, 6) is 2.82. The Hall–Kier alpha value is -1.75. The Morgan fingerprint density at radius 2 is 2.05 bits per heavy atom. The molecule has 20 heavy (non-hydrogen) atoms. The van der Waals surface area contributed by atoms with Crippen LogP contribution in [0, 0.1) is 0 Å². The summed E-state index contributed by atoms with van der Waals surface area (Å²) in [5, 5.41) is 5.17. The maximum atomic E-state index is 12.5. The van der Waals surface area contributed by atoms with Crippen LogP contribution in [0.1, 0.15) is 10.5 Å². The molecule has 1 amide bonds. The van der Waals surface area contributed by atoms with Gasteiger partial charge in [0.2, 0.25) is 0 Å². The van der Waals surface area contributed by atoms with E-state index in [0.717, 1.165) is 41.2 Å². The van der Waals surface area contributed by atoms with Crippen molar-refractivity contribution in [1.82, 2.24) is 9.88 Å². The summed E-state index contributed by atoms with van der Waals surface area (Å²) in [6.07, 6.45) is 0. The van der Waals surface area contributed by atoms with E-state index in [0.29, 0.717) is 5.69 Å². The van der Waals surface area contributed by atoms with Crippen LogP contribution in [0.4, 0.5) is 5.82 Å². The summed E-state index contributed by atoms with van der Waals surface area (Å²) in [6, 6.07) is 9.88. The van der Waals surface area contributed by atoms with Crippen LogP contribution in [0.3, 0.4) is 0 Å². The zero-order chi connectivity index (χ0) is 13.9. The lowest BCUT2D eigenvalue weighted by Gasteiger charge is -2.26. The van der Waals surface area contributed by atoms with Gasteiger partial charge in [0.05, 0.1) is 0 Å². The number of carbonyl (C=O) groups excluding carboxylic acids is 1. The molecule has 1 aromatic heterocycles. The van der Waals surface area contributed by atoms with Crippen molar-refractivity contribution in [3.8, 4) is 0 Å². The zero-order valence-corrected chi connectivity index (χ0v) is 12.2. The lowest BCUT2D eigenvalue weighted by Crippen LogP contribution is -2.38. The molecular weight excluding hydrogens is 270 g/mol. The van der Waals surface area contributed by atoms with Crippen LogP contribution in [-0.2, 0) is 0 Å². The second-order valence-electron chi connectivity index (χ2n) is 4.73. The number of benzene rings is 1. The van der Waals surface area contributed by atoms with Crippen molar-refractivity contribution < 1.29 is 4.79 Å².